The predicted octanol–water partition coefficient (Wildman–Crippen LogP) is 9.41. The minimum Gasteiger partial charge on any atom is -0.466 e. The van der Waals surface area contributed by atoms with Crippen LogP contribution in [0.25, 0.3) is 0 Å². The zero-order chi connectivity index (χ0) is 40.0. The van der Waals surface area contributed by atoms with E-state index in [-0.39, 0.29) is 60.0 Å². The minimum absolute atomic E-state index is 0.0186. The highest BCUT2D eigenvalue weighted by atomic mass is 19.4. The van der Waals surface area contributed by atoms with Gasteiger partial charge in [0.05, 0.1) is 48.0 Å². The molecule has 56 heavy (non-hydrogen) atoms. The van der Waals surface area contributed by atoms with E-state index in [0.29, 0.717) is 99.8 Å². The average molecular weight is 788 g/mol. The molecule has 2 aromatic heterocycles. The number of nitrogens with zero attached hydrogens (tertiary/aromatic N) is 5. The van der Waals surface area contributed by atoms with Gasteiger partial charge in [0.15, 0.2) is 6.17 Å². The Balaban J connectivity index is 1.18. The molecule has 3 aromatic rings. The number of benzene rings is 1. The van der Waals surface area contributed by atoms with E-state index in [9.17, 15) is 31.9 Å². The molecule has 8 nitrogen and oxygen atoms in total. The lowest BCUT2D eigenvalue weighted by atomic mass is 9.68. The highest BCUT2D eigenvalue weighted by Crippen LogP contribution is 2.52. The van der Waals surface area contributed by atoms with Crippen LogP contribution in [0.4, 0.5) is 38.0 Å². The number of rotatable bonds is 8. The van der Waals surface area contributed by atoms with Gasteiger partial charge in [-0.15, -0.1) is 0 Å². The lowest BCUT2D eigenvalue weighted by Crippen LogP contribution is -2.37. The van der Waals surface area contributed by atoms with Crippen LogP contribution in [0.5, 0.6) is 0 Å². The Morgan fingerprint density at radius 3 is 2.11 bits per heavy atom. The number of piperidine rings is 2. The van der Waals surface area contributed by atoms with E-state index in [4.69, 9.17) is 9.72 Å². The van der Waals surface area contributed by atoms with E-state index in [1.54, 1.807) is 19.3 Å². The van der Waals surface area contributed by atoms with Crippen LogP contribution in [0.3, 0.4) is 0 Å². The fourth-order valence-corrected chi connectivity index (χ4v) is 9.34. The van der Waals surface area contributed by atoms with Gasteiger partial charge in [0.25, 0.3) is 0 Å². The molecule has 2 aliphatic carbocycles. The molecule has 14 heteroatoms. The second-order valence-corrected chi connectivity index (χ2v) is 16.9. The Bertz CT molecular complexity index is 1850. The molecule has 4 heterocycles. The average Bonchev–Trinajstić information content (AvgIpc) is 3.16. The lowest BCUT2D eigenvalue weighted by molar-refractivity contribution is -0.148. The van der Waals surface area contributed by atoms with Crippen molar-refractivity contribution in [2.24, 2.45) is 11.3 Å². The Labute approximate surface area is 324 Å². The zero-order valence-corrected chi connectivity index (χ0v) is 32.2. The standard InChI is InChI=1S/C42H51F6N5O3/c1-4-56-38(55)28-13-17-52(18-14-28)30-23-49-39(50-24-30)53-19-11-27(12-20-53)37-35(36(43)26-5-7-29(8-6-26)42(46,47)48)33(25-9-15-41(44,45)16-10-25)34-31(51-37)21-40(2,3)22-32(34)54/h5-8,23-25,27-28,32,36,54H,4,9-22H2,1-3H3/t32-,36-/m0/s1. The van der Waals surface area contributed by atoms with E-state index in [1.807, 2.05) is 13.8 Å². The Hall–Kier alpha value is -3.94. The number of pyridine rings is 1. The maximum atomic E-state index is 17.3. The van der Waals surface area contributed by atoms with Crippen molar-refractivity contribution in [2.45, 2.75) is 121 Å². The van der Waals surface area contributed by atoms with E-state index in [1.165, 1.54) is 0 Å². The van der Waals surface area contributed by atoms with Crippen LogP contribution in [-0.4, -0.2) is 64.7 Å². The molecule has 0 bridgehead atoms. The number of hydrogen-bond donors (Lipinski definition) is 1. The molecule has 1 saturated carbocycles. The lowest BCUT2D eigenvalue weighted by Gasteiger charge is -2.41. The van der Waals surface area contributed by atoms with Crippen LogP contribution in [0.15, 0.2) is 36.7 Å². The van der Waals surface area contributed by atoms with Gasteiger partial charge in [-0.05, 0) is 92.9 Å². The molecular weight excluding hydrogens is 736 g/mol. The molecule has 304 valence electrons. The summed E-state index contributed by atoms with van der Waals surface area (Å²) in [5.41, 5.74) is 2.04. The number of aromatic nitrogens is 3. The van der Waals surface area contributed by atoms with Crippen LogP contribution in [0.1, 0.15) is 142 Å². The molecule has 3 fully saturated rings. The predicted molar refractivity (Wildman–Crippen MR) is 200 cm³/mol. The molecule has 0 spiro atoms. The van der Waals surface area contributed by atoms with Crippen LogP contribution < -0.4 is 9.80 Å². The molecule has 2 aliphatic heterocycles. The third-order valence-electron chi connectivity index (χ3n) is 12.3. The third kappa shape index (κ3) is 8.50. The van der Waals surface area contributed by atoms with E-state index >= 15 is 4.39 Å². The maximum absolute atomic E-state index is 17.3. The van der Waals surface area contributed by atoms with Crippen molar-refractivity contribution in [3.05, 3.63) is 75.9 Å². The van der Waals surface area contributed by atoms with Gasteiger partial charge in [0, 0.05) is 61.8 Å². The number of esters is 1. The maximum Gasteiger partial charge on any atom is 0.416 e. The van der Waals surface area contributed by atoms with E-state index in [0.717, 1.165) is 30.0 Å². The number of carbonyl (C=O) groups excluding carboxylic acids is 1. The molecule has 0 radical (unpaired) electrons. The van der Waals surface area contributed by atoms with Crippen molar-refractivity contribution in [1.82, 2.24) is 15.0 Å². The largest absolute Gasteiger partial charge is 0.466 e. The van der Waals surface area contributed by atoms with Crippen LogP contribution >= 0.6 is 0 Å². The van der Waals surface area contributed by atoms with E-state index < -0.39 is 35.9 Å². The summed E-state index contributed by atoms with van der Waals surface area (Å²) in [7, 11) is 0. The molecule has 1 aromatic carbocycles. The Morgan fingerprint density at radius 2 is 1.52 bits per heavy atom. The molecule has 1 N–H and O–H groups in total. The summed E-state index contributed by atoms with van der Waals surface area (Å²) >= 11 is 0. The first-order chi connectivity index (χ1) is 26.5. The number of hydrogen-bond acceptors (Lipinski definition) is 8. The summed E-state index contributed by atoms with van der Waals surface area (Å²) in [6.07, 6.45) is -1.06. The number of alkyl halides is 6. The van der Waals surface area contributed by atoms with Gasteiger partial charge in [-0.1, -0.05) is 26.0 Å². The smallest absolute Gasteiger partial charge is 0.416 e. The summed E-state index contributed by atoms with van der Waals surface area (Å²) in [5, 5.41) is 11.7. The van der Waals surface area contributed by atoms with Crippen LogP contribution in [0.2, 0.25) is 0 Å². The third-order valence-corrected chi connectivity index (χ3v) is 12.3. The molecular formula is C42H51F6N5O3. The number of aliphatic hydroxyl groups is 1. The molecule has 2 saturated heterocycles. The van der Waals surface area contributed by atoms with Crippen molar-refractivity contribution >= 4 is 17.6 Å². The first-order valence-electron chi connectivity index (χ1n) is 20.0. The summed E-state index contributed by atoms with van der Waals surface area (Å²) in [6.45, 7) is 8.67. The number of carbonyl (C=O) groups is 1. The summed E-state index contributed by atoms with van der Waals surface area (Å²) < 4.78 is 92.1. The number of halogens is 6. The second-order valence-electron chi connectivity index (χ2n) is 16.9. The summed E-state index contributed by atoms with van der Waals surface area (Å²) in [6, 6.07) is 4.00. The number of anilines is 2. The normalized spacial score (nSPS) is 22.8. The highest BCUT2D eigenvalue weighted by Gasteiger charge is 2.44. The summed E-state index contributed by atoms with van der Waals surface area (Å²) in [4.78, 5) is 30.9. The van der Waals surface area contributed by atoms with Gasteiger partial charge in [-0.2, -0.15) is 13.2 Å². The first-order valence-corrected chi connectivity index (χ1v) is 20.0. The fourth-order valence-electron chi connectivity index (χ4n) is 9.34. The second kappa shape index (κ2) is 15.8. The molecule has 4 aliphatic rings. The van der Waals surface area contributed by atoms with Crippen molar-refractivity contribution in [3.8, 4) is 0 Å². The molecule has 7 rings (SSSR count). The summed E-state index contributed by atoms with van der Waals surface area (Å²) in [5.74, 6) is -3.27. The fraction of sp³-hybridized carbons (Fsp3) is 0.619. The highest BCUT2D eigenvalue weighted by molar-refractivity contribution is 5.73. The topological polar surface area (TPSA) is 91.7 Å². The number of ether oxygens (including phenoxy) is 1. The van der Waals surface area contributed by atoms with Crippen molar-refractivity contribution in [2.75, 3.05) is 42.6 Å². The quantitative estimate of drug-likeness (QED) is 0.179. The van der Waals surface area contributed by atoms with Crippen molar-refractivity contribution < 1.29 is 41.0 Å². The van der Waals surface area contributed by atoms with Gasteiger partial charge < -0.3 is 19.6 Å². The Morgan fingerprint density at radius 1 is 0.911 bits per heavy atom. The SMILES string of the molecule is CCOC(=O)C1CCN(c2cnc(N3CCC(c4nc5c(c(C6CCC(F)(F)CC6)c4[C@@H](F)c4ccc(C(F)(F)F)cc4)[C@@H](O)CC(C)(C)C5)CC3)nc2)CC1. The Kier molecular flexibility index (Phi) is 11.3. The number of fused-ring (bicyclic) bond motifs is 1. The minimum atomic E-state index is -4.60. The van der Waals surface area contributed by atoms with Gasteiger partial charge in [-0.25, -0.2) is 23.1 Å². The molecule has 2 atom stereocenters. The first kappa shape index (κ1) is 40.3. The van der Waals surface area contributed by atoms with Gasteiger partial charge in [0.2, 0.25) is 11.9 Å². The van der Waals surface area contributed by atoms with Gasteiger partial charge in [-0.3, -0.25) is 9.78 Å². The monoisotopic (exact) mass is 787 g/mol. The van der Waals surface area contributed by atoms with Gasteiger partial charge >= 0.3 is 12.1 Å². The van der Waals surface area contributed by atoms with Crippen molar-refractivity contribution in [1.29, 1.82) is 0 Å². The van der Waals surface area contributed by atoms with Gasteiger partial charge in [0.1, 0.15) is 0 Å². The van der Waals surface area contributed by atoms with Crippen LogP contribution in [-0.2, 0) is 22.1 Å². The van der Waals surface area contributed by atoms with Crippen LogP contribution in [0, 0.1) is 11.3 Å². The zero-order valence-electron chi connectivity index (χ0n) is 32.2. The molecule has 0 amide bonds. The number of aliphatic hydroxyl groups excluding tert-OH is 1. The van der Waals surface area contributed by atoms with Crippen molar-refractivity contribution in [3.63, 3.8) is 0 Å². The molecule has 0 unspecified atom stereocenters. The van der Waals surface area contributed by atoms with E-state index in [2.05, 4.69) is 19.8 Å².